The Morgan fingerprint density at radius 2 is 1.78 bits per heavy atom. The van der Waals surface area contributed by atoms with Gasteiger partial charge in [-0.3, -0.25) is 4.79 Å². The van der Waals surface area contributed by atoms with Gasteiger partial charge < -0.3 is 10.4 Å². The van der Waals surface area contributed by atoms with E-state index in [0.717, 1.165) is 16.8 Å². The van der Waals surface area contributed by atoms with Gasteiger partial charge in [-0.15, -0.1) is 0 Å². The zero-order chi connectivity index (χ0) is 12.5. The Morgan fingerprint density at radius 1 is 1.06 bits per heavy atom. The average molecular weight is 239 g/mol. The van der Waals surface area contributed by atoms with Crippen molar-refractivity contribution < 1.29 is 9.90 Å². The number of hydrogen-bond acceptors (Lipinski definition) is 3. The minimum atomic E-state index is -0.159. The van der Waals surface area contributed by atoms with E-state index in [-0.39, 0.29) is 17.6 Å². The molecule has 2 aromatic carbocycles. The molecule has 2 N–H and O–H groups in total. The van der Waals surface area contributed by atoms with E-state index in [2.05, 4.69) is 5.32 Å². The zero-order valence-electron chi connectivity index (χ0n) is 9.76. The molecule has 1 atom stereocenters. The van der Waals surface area contributed by atoms with E-state index in [9.17, 15) is 9.90 Å². The number of aromatic hydroxyl groups is 1. The van der Waals surface area contributed by atoms with Gasteiger partial charge in [-0.05, 0) is 18.2 Å². The van der Waals surface area contributed by atoms with Crippen molar-refractivity contribution >= 4 is 11.5 Å². The molecule has 0 bridgehead atoms. The highest BCUT2D eigenvalue weighted by atomic mass is 16.3. The number of benzene rings is 2. The first-order chi connectivity index (χ1) is 8.75. The van der Waals surface area contributed by atoms with Gasteiger partial charge in [-0.2, -0.15) is 0 Å². The molecular weight excluding hydrogens is 226 g/mol. The maximum absolute atomic E-state index is 12.1. The molecule has 0 radical (unpaired) electrons. The Bertz CT molecular complexity index is 607. The highest BCUT2D eigenvalue weighted by Crippen LogP contribution is 2.35. The summed E-state index contributed by atoms with van der Waals surface area (Å²) in [4.78, 5) is 12.1. The van der Waals surface area contributed by atoms with Gasteiger partial charge in [0.15, 0.2) is 5.78 Å². The summed E-state index contributed by atoms with van der Waals surface area (Å²) in [7, 11) is 0. The number of rotatable bonds is 1. The van der Waals surface area contributed by atoms with Crippen LogP contribution in [-0.2, 0) is 0 Å². The van der Waals surface area contributed by atoms with Gasteiger partial charge in [0, 0.05) is 23.2 Å². The molecule has 0 fully saturated rings. The van der Waals surface area contributed by atoms with Crippen LogP contribution in [0.4, 0.5) is 5.69 Å². The SMILES string of the molecule is O=C1C[C@@H](c2ccccc2O)Nc2ccccc21. The average Bonchev–Trinajstić information content (AvgIpc) is 2.39. The van der Waals surface area contributed by atoms with Crippen LogP contribution in [0.15, 0.2) is 48.5 Å². The molecule has 3 heteroatoms. The number of para-hydroxylation sites is 2. The van der Waals surface area contributed by atoms with Crippen molar-refractivity contribution in [2.45, 2.75) is 12.5 Å². The van der Waals surface area contributed by atoms with Gasteiger partial charge in [0.2, 0.25) is 0 Å². The van der Waals surface area contributed by atoms with Crippen molar-refractivity contribution in [2.24, 2.45) is 0 Å². The third-order valence-corrected chi connectivity index (χ3v) is 3.26. The molecule has 0 spiro atoms. The summed E-state index contributed by atoms with van der Waals surface area (Å²) in [5.41, 5.74) is 2.33. The first-order valence-electron chi connectivity index (χ1n) is 5.92. The van der Waals surface area contributed by atoms with Crippen LogP contribution < -0.4 is 5.32 Å². The molecular formula is C15H13NO2. The Balaban J connectivity index is 2.00. The number of ketones is 1. The Hall–Kier alpha value is -2.29. The van der Waals surface area contributed by atoms with Crippen LogP contribution in [-0.4, -0.2) is 10.9 Å². The smallest absolute Gasteiger partial charge is 0.167 e. The van der Waals surface area contributed by atoms with Gasteiger partial charge in [0.1, 0.15) is 5.75 Å². The lowest BCUT2D eigenvalue weighted by molar-refractivity contribution is 0.0972. The van der Waals surface area contributed by atoms with Crippen LogP contribution in [0, 0.1) is 0 Å². The fraction of sp³-hybridized carbons (Fsp3) is 0.133. The lowest BCUT2D eigenvalue weighted by Gasteiger charge is -2.26. The molecule has 1 heterocycles. The third-order valence-electron chi connectivity index (χ3n) is 3.26. The van der Waals surface area contributed by atoms with Crippen LogP contribution in [0.5, 0.6) is 5.75 Å². The molecule has 90 valence electrons. The predicted octanol–water partition coefficient (Wildman–Crippen LogP) is 3.13. The third kappa shape index (κ3) is 1.74. The van der Waals surface area contributed by atoms with E-state index in [0.29, 0.717) is 6.42 Å². The van der Waals surface area contributed by atoms with E-state index >= 15 is 0 Å². The highest BCUT2D eigenvalue weighted by Gasteiger charge is 2.26. The van der Waals surface area contributed by atoms with Gasteiger partial charge in [0.25, 0.3) is 0 Å². The minimum Gasteiger partial charge on any atom is -0.508 e. The molecule has 0 aliphatic carbocycles. The molecule has 2 aromatic rings. The molecule has 3 nitrogen and oxygen atoms in total. The lowest BCUT2D eigenvalue weighted by Crippen LogP contribution is -2.22. The van der Waals surface area contributed by atoms with Gasteiger partial charge in [0.05, 0.1) is 6.04 Å². The summed E-state index contributed by atoms with van der Waals surface area (Å²) in [6.07, 6.45) is 0.370. The fourth-order valence-electron chi connectivity index (χ4n) is 2.36. The number of hydrogen-bond donors (Lipinski definition) is 2. The predicted molar refractivity (Wildman–Crippen MR) is 69.9 cm³/mol. The number of nitrogens with one attached hydrogen (secondary N) is 1. The van der Waals surface area contributed by atoms with Crippen molar-refractivity contribution in [1.29, 1.82) is 0 Å². The van der Waals surface area contributed by atoms with Gasteiger partial charge >= 0.3 is 0 Å². The summed E-state index contributed by atoms with van der Waals surface area (Å²) >= 11 is 0. The summed E-state index contributed by atoms with van der Waals surface area (Å²) in [5, 5.41) is 13.1. The van der Waals surface area contributed by atoms with E-state index in [1.807, 2.05) is 36.4 Å². The van der Waals surface area contributed by atoms with Crippen LogP contribution >= 0.6 is 0 Å². The van der Waals surface area contributed by atoms with E-state index < -0.39 is 0 Å². The van der Waals surface area contributed by atoms with Gasteiger partial charge in [-0.25, -0.2) is 0 Å². The monoisotopic (exact) mass is 239 g/mol. The topological polar surface area (TPSA) is 49.3 Å². The van der Waals surface area contributed by atoms with E-state index in [4.69, 9.17) is 0 Å². The largest absolute Gasteiger partial charge is 0.508 e. The summed E-state index contributed by atoms with van der Waals surface area (Å²) in [6, 6.07) is 14.4. The van der Waals surface area contributed by atoms with Crippen LogP contribution in [0.1, 0.15) is 28.4 Å². The first kappa shape index (κ1) is 10.8. The molecule has 1 aliphatic heterocycles. The highest BCUT2D eigenvalue weighted by molar-refractivity contribution is 6.03. The molecule has 0 saturated heterocycles. The summed E-state index contributed by atoms with van der Waals surface area (Å²) in [6.45, 7) is 0. The Labute approximate surface area is 105 Å². The summed E-state index contributed by atoms with van der Waals surface area (Å²) in [5.74, 6) is 0.333. The number of carbonyl (C=O) groups is 1. The normalized spacial score (nSPS) is 18.0. The molecule has 18 heavy (non-hydrogen) atoms. The fourth-order valence-corrected chi connectivity index (χ4v) is 2.36. The van der Waals surface area contributed by atoms with Crippen LogP contribution in [0.3, 0.4) is 0 Å². The van der Waals surface area contributed by atoms with E-state index in [1.165, 1.54) is 0 Å². The van der Waals surface area contributed by atoms with E-state index in [1.54, 1.807) is 12.1 Å². The number of phenols is 1. The molecule has 1 aliphatic rings. The maximum atomic E-state index is 12.1. The van der Waals surface area contributed by atoms with Crippen molar-refractivity contribution in [2.75, 3.05) is 5.32 Å². The number of Topliss-reactive ketones (excluding diaryl/α,β-unsaturated/α-hetero) is 1. The van der Waals surface area contributed by atoms with Crippen molar-refractivity contribution in [3.8, 4) is 5.75 Å². The van der Waals surface area contributed by atoms with Crippen molar-refractivity contribution in [3.05, 3.63) is 59.7 Å². The van der Waals surface area contributed by atoms with Crippen molar-refractivity contribution in [3.63, 3.8) is 0 Å². The molecule has 0 saturated carbocycles. The second-order valence-electron chi connectivity index (χ2n) is 4.43. The zero-order valence-corrected chi connectivity index (χ0v) is 9.76. The Morgan fingerprint density at radius 3 is 2.61 bits per heavy atom. The Kier molecular flexibility index (Phi) is 2.52. The molecule has 3 rings (SSSR count). The van der Waals surface area contributed by atoms with Gasteiger partial charge in [-0.1, -0.05) is 30.3 Å². The second-order valence-corrected chi connectivity index (χ2v) is 4.43. The first-order valence-corrected chi connectivity index (χ1v) is 5.92. The lowest BCUT2D eigenvalue weighted by atomic mass is 9.92. The molecule has 0 aromatic heterocycles. The van der Waals surface area contributed by atoms with Crippen molar-refractivity contribution in [1.82, 2.24) is 0 Å². The number of carbonyl (C=O) groups excluding carboxylic acids is 1. The minimum absolute atomic E-state index is 0.109. The standard InChI is InChI=1S/C15H13NO2/c17-14-8-4-2-6-11(14)13-9-15(18)10-5-1-3-7-12(10)16-13/h1-8,13,16-17H,9H2/t13-/m0/s1. The number of phenolic OH excluding ortho intramolecular Hbond substituents is 1. The quantitative estimate of drug-likeness (QED) is 0.803. The number of fused-ring (bicyclic) bond motifs is 1. The second kappa shape index (κ2) is 4.18. The number of anilines is 1. The van der Waals surface area contributed by atoms with Crippen LogP contribution in [0.2, 0.25) is 0 Å². The molecule has 0 unspecified atom stereocenters. The summed E-state index contributed by atoms with van der Waals surface area (Å²) < 4.78 is 0. The maximum Gasteiger partial charge on any atom is 0.167 e. The van der Waals surface area contributed by atoms with Crippen LogP contribution in [0.25, 0.3) is 0 Å². The molecule has 0 amide bonds.